The number of benzene rings is 2. The Morgan fingerprint density at radius 3 is 2.69 bits per heavy atom. The summed E-state index contributed by atoms with van der Waals surface area (Å²) in [5.74, 6) is -0.0880. The first-order valence-electron chi connectivity index (χ1n) is 15.0. The molecule has 5 rings (SSSR count). The predicted octanol–water partition coefficient (Wildman–Crippen LogP) is 5.00. The minimum absolute atomic E-state index is 0.120. The molecule has 2 aliphatic heterocycles. The molecule has 3 aliphatic rings. The number of nitrogens with one attached hydrogen (secondary N) is 1. The van der Waals surface area contributed by atoms with E-state index >= 15 is 0 Å². The van der Waals surface area contributed by atoms with E-state index in [2.05, 4.69) is 9.62 Å². The number of sulfonamides is 1. The van der Waals surface area contributed by atoms with E-state index in [0.717, 1.165) is 43.2 Å². The third-order valence-electron chi connectivity index (χ3n) is 9.20. The van der Waals surface area contributed by atoms with Gasteiger partial charge in [0.25, 0.3) is 5.91 Å². The van der Waals surface area contributed by atoms with Crippen molar-refractivity contribution in [1.82, 2.24) is 4.72 Å². The van der Waals surface area contributed by atoms with Crippen LogP contribution in [0, 0.1) is 11.8 Å². The van der Waals surface area contributed by atoms with Gasteiger partial charge in [-0.2, -0.15) is 0 Å². The molecule has 0 spiro atoms. The first kappa shape index (κ1) is 30.9. The van der Waals surface area contributed by atoms with Gasteiger partial charge in [0.05, 0.1) is 17.5 Å². The van der Waals surface area contributed by atoms with E-state index in [-0.39, 0.29) is 17.4 Å². The summed E-state index contributed by atoms with van der Waals surface area (Å²) in [6.07, 6.45) is 8.80. The lowest BCUT2D eigenvalue weighted by atomic mass is 9.64. The molecule has 228 valence electrons. The van der Waals surface area contributed by atoms with Crippen LogP contribution in [0.25, 0.3) is 0 Å². The Morgan fingerprint density at radius 2 is 1.95 bits per heavy atom. The van der Waals surface area contributed by atoms with Crippen LogP contribution in [0.15, 0.2) is 48.6 Å². The third kappa shape index (κ3) is 6.64. The number of aliphatic hydroxyl groups is 2. The standard InChI is InChI=1S/C32H41ClN2O6S/c1-2-27-8-3-5-15-32(38,21-36)28-13-10-24(28)19-35-16-6-4-7-22-17-26(33)12-9-25(22)20-41-30-14-11-23(18-29(30)35)31(37)34-42(27,39)40/h5,9,11-12,14-15,17-18,24,27-28,36,38H,2-4,6-8,10,13,16,19-21H2,1H3,(H,34,37)/b15-5+/t24-,27+,28+,32+/m0/s1. The Morgan fingerprint density at radius 1 is 1.12 bits per heavy atom. The number of carbonyl (C=O) groups is 1. The van der Waals surface area contributed by atoms with Crippen molar-refractivity contribution in [1.29, 1.82) is 0 Å². The molecule has 2 aromatic carbocycles. The van der Waals surface area contributed by atoms with Crippen LogP contribution in [0.3, 0.4) is 0 Å². The molecule has 3 N–H and O–H groups in total. The summed E-state index contributed by atoms with van der Waals surface area (Å²) in [6, 6.07) is 10.9. The Hall–Kier alpha value is -2.59. The van der Waals surface area contributed by atoms with Crippen molar-refractivity contribution in [2.45, 2.75) is 75.7 Å². The summed E-state index contributed by atoms with van der Waals surface area (Å²) in [7, 11) is -3.94. The van der Waals surface area contributed by atoms with Crippen molar-refractivity contribution < 1.29 is 28.2 Å². The van der Waals surface area contributed by atoms with Crippen molar-refractivity contribution in [2.24, 2.45) is 11.8 Å². The largest absolute Gasteiger partial charge is 0.487 e. The minimum Gasteiger partial charge on any atom is -0.487 e. The second-order valence-corrected chi connectivity index (χ2v) is 14.3. The Bertz CT molecular complexity index is 1430. The molecule has 1 aliphatic carbocycles. The number of hydrogen-bond donors (Lipinski definition) is 3. The average Bonchev–Trinajstić information content (AvgIpc) is 2.97. The Kier molecular flexibility index (Phi) is 9.52. The molecule has 4 atom stereocenters. The average molecular weight is 617 g/mol. The molecule has 8 nitrogen and oxygen atoms in total. The Balaban J connectivity index is 1.56. The number of allylic oxidation sites excluding steroid dienone is 1. The monoisotopic (exact) mass is 616 g/mol. The van der Waals surface area contributed by atoms with Gasteiger partial charge >= 0.3 is 0 Å². The molecule has 0 aromatic heterocycles. The number of ether oxygens (including phenoxy) is 1. The number of nitrogens with zero attached hydrogens (tertiary/aromatic N) is 1. The van der Waals surface area contributed by atoms with E-state index in [9.17, 15) is 23.4 Å². The predicted molar refractivity (Wildman–Crippen MR) is 164 cm³/mol. The van der Waals surface area contributed by atoms with E-state index in [1.807, 2.05) is 18.2 Å². The van der Waals surface area contributed by atoms with Gasteiger partial charge in [-0.1, -0.05) is 36.7 Å². The maximum atomic E-state index is 13.3. The van der Waals surface area contributed by atoms with Crippen LogP contribution < -0.4 is 14.4 Å². The van der Waals surface area contributed by atoms with Gasteiger partial charge in [0, 0.05) is 23.7 Å². The molecule has 0 saturated heterocycles. The van der Waals surface area contributed by atoms with Crippen molar-refractivity contribution in [3.05, 3.63) is 70.3 Å². The molecule has 1 amide bonds. The summed E-state index contributed by atoms with van der Waals surface area (Å²) in [4.78, 5) is 15.5. The van der Waals surface area contributed by atoms with Gasteiger partial charge < -0.3 is 19.8 Å². The first-order chi connectivity index (χ1) is 20.1. The fourth-order valence-corrected chi connectivity index (χ4v) is 8.14. The summed E-state index contributed by atoms with van der Waals surface area (Å²) >= 11 is 6.30. The van der Waals surface area contributed by atoms with Gasteiger partial charge in [-0.25, -0.2) is 13.1 Å². The number of anilines is 1. The number of fused-ring (bicyclic) bond motifs is 3. The molecule has 2 heterocycles. The van der Waals surface area contributed by atoms with E-state index < -0.39 is 33.4 Å². The quantitative estimate of drug-likeness (QED) is 0.407. The molecule has 42 heavy (non-hydrogen) atoms. The SMILES string of the molecule is CC[C@@H]1CC/C=C/[C@@](O)(CO)[C@@H]2CC[C@H]2CN2CCCCc3cc(Cl)ccc3COc3ccc(cc32)C(=O)NS1(=O)=O. The summed E-state index contributed by atoms with van der Waals surface area (Å²) in [5, 5.41) is 21.7. The number of hydrogen-bond acceptors (Lipinski definition) is 7. The second kappa shape index (κ2) is 13.0. The van der Waals surface area contributed by atoms with Gasteiger partial charge in [-0.3, -0.25) is 4.79 Å². The van der Waals surface area contributed by atoms with Crippen LogP contribution >= 0.6 is 11.6 Å². The molecule has 10 heteroatoms. The van der Waals surface area contributed by atoms with Crippen LogP contribution in [-0.4, -0.2) is 55.1 Å². The normalized spacial score (nSPS) is 29.0. The maximum absolute atomic E-state index is 13.3. The Labute approximate surface area is 253 Å². The second-order valence-electron chi connectivity index (χ2n) is 11.9. The van der Waals surface area contributed by atoms with E-state index in [1.165, 1.54) is 0 Å². The number of amides is 1. The molecular formula is C32H41ClN2O6S. The van der Waals surface area contributed by atoms with Gasteiger partial charge in [0.1, 0.15) is 18.0 Å². The lowest BCUT2D eigenvalue weighted by Gasteiger charge is -2.47. The van der Waals surface area contributed by atoms with Gasteiger partial charge in [-0.05, 0) is 105 Å². The number of aryl methyl sites for hydroxylation is 1. The zero-order valence-corrected chi connectivity index (χ0v) is 25.7. The van der Waals surface area contributed by atoms with Crippen molar-refractivity contribution in [2.75, 3.05) is 24.6 Å². The molecule has 0 radical (unpaired) electrons. The highest BCUT2D eigenvalue weighted by Gasteiger charge is 2.45. The number of rotatable bonds is 2. The summed E-state index contributed by atoms with van der Waals surface area (Å²) < 4.78 is 35.0. The van der Waals surface area contributed by atoms with E-state index in [1.54, 1.807) is 37.3 Å². The highest BCUT2D eigenvalue weighted by molar-refractivity contribution is 7.90. The van der Waals surface area contributed by atoms with Crippen LogP contribution in [0.4, 0.5) is 5.69 Å². The number of halogens is 1. The first-order valence-corrected chi connectivity index (χ1v) is 16.9. The molecule has 2 aromatic rings. The van der Waals surface area contributed by atoms with Gasteiger partial charge in [0.2, 0.25) is 10.0 Å². The van der Waals surface area contributed by atoms with Crippen LogP contribution in [0.2, 0.25) is 5.02 Å². The fraction of sp³-hybridized carbons (Fsp3) is 0.531. The van der Waals surface area contributed by atoms with E-state index in [0.29, 0.717) is 55.4 Å². The van der Waals surface area contributed by atoms with Gasteiger partial charge in [0.15, 0.2) is 0 Å². The van der Waals surface area contributed by atoms with Crippen LogP contribution in [-0.2, 0) is 23.1 Å². The van der Waals surface area contributed by atoms with Crippen molar-refractivity contribution >= 4 is 33.2 Å². The lowest BCUT2D eigenvalue weighted by molar-refractivity contribution is -0.0768. The smallest absolute Gasteiger partial charge is 0.264 e. The molecule has 0 unspecified atom stereocenters. The molecule has 2 bridgehead atoms. The minimum atomic E-state index is -3.94. The highest BCUT2D eigenvalue weighted by atomic mass is 35.5. The van der Waals surface area contributed by atoms with E-state index in [4.69, 9.17) is 16.3 Å². The third-order valence-corrected chi connectivity index (χ3v) is 11.3. The fourth-order valence-electron chi connectivity index (χ4n) is 6.52. The number of aliphatic hydroxyl groups excluding tert-OH is 1. The van der Waals surface area contributed by atoms with Crippen LogP contribution in [0.1, 0.15) is 73.4 Å². The summed E-state index contributed by atoms with van der Waals surface area (Å²) in [6.45, 7) is 3.00. The summed E-state index contributed by atoms with van der Waals surface area (Å²) in [5.41, 5.74) is 1.77. The van der Waals surface area contributed by atoms with Gasteiger partial charge in [-0.15, -0.1) is 0 Å². The maximum Gasteiger partial charge on any atom is 0.264 e. The van der Waals surface area contributed by atoms with Crippen molar-refractivity contribution in [3.63, 3.8) is 0 Å². The highest BCUT2D eigenvalue weighted by Crippen LogP contribution is 2.44. The number of carbonyl (C=O) groups excluding carboxylic acids is 1. The molecular weight excluding hydrogens is 576 g/mol. The molecule has 1 saturated carbocycles. The zero-order valence-electron chi connectivity index (χ0n) is 24.1. The van der Waals surface area contributed by atoms with Crippen LogP contribution in [0.5, 0.6) is 5.75 Å². The molecule has 1 fully saturated rings. The topological polar surface area (TPSA) is 116 Å². The lowest BCUT2D eigenvalue weighted by Crippen LogP contribution is -2.52. The van der Waals surface area contributed by atoms with Crippen molar-refractivity contribution in [3.8, 4) is 5.75 Å². The zero-order chi connectivity index (χ0) is 29.9.